The van der Waals surface area contributed by atoms with Crippen LogP contribution in [0.5, 0.6) is 0 Å². The molecule has 23 heavy (non-hydrogen) atoms. The van der Waals surface area contributed by atoms with Crippen LogP contribution in [0.25, 0.3) is 0 Å². The number of hydrogen-bond acceptors (Lipinski definition) is 4. The quantitative estimate of drug-likeness (QED) is 0.584. The van der Waals surface area contributed by atoms with E-state index in [1.165, 1.54) is 4.88 Å². The number of hydrogen-bond donors (Lipinski definition) is 2. The Balaban J connectivity index is 2.54. The van der Waals surface area contributed by atoms with Gasteiger partial charge in [0.2, 0.25) is 5.91 Å². The SMILES string of the molecule is Cc1nc(CCNC(=NCC(=O)N(C)C)NCC(C)C)sc1C. The van der Waals surface area contributed by atoms with Crippen molar-refractivity contribution in [2.45, 2.75) is 34.1 Å². The van der Waals surface area contributed by atoms with Crippen molar-refractivity contribution in [1.29, 1.82) is 0 Å². The molecule has 1 aromatic rings. The molecule has 0 fully saturated rings. The summed E-state index contributed by atoms with van der Waals surface area (Å²) in [5.41, 5.74) is 1.11. The maximum Gasteiger partial charge on any atom is 0.243 e. The second kappa shape index (κ2) is 9.50. The minimum Gasteiger partial charge on any atom is -0.356 e. The number of nitrogens with zero attached hydrogens (tertiary/aromatic N) is 3. The van der Waals surface area contributed by atoms with Crippen LogP contribution in [0.2, 0.25) is 0 Å². The molecule has 0 radical (unpaired) electrons. The number of aryl methyl sites for hydroxylation is 2. The van der Waals surface area contributed by atoms with Crippen LogP contribution in [0.1, 0.15) is 29.4 Å². The number of likely N-dealkylation sites (N-methyl/N-ethyl adjacent to an activating group) is 1. The number of aliphatic imine (C=N–C) groups is 1. The summed E-state index contributed by atoms with van der Waals surface area (Å²) < 4.78 is 0. The first-order chi connectivity index (χ1) is 10.8. The molecule has 1 heterocycles. The molecule has 130 valence electrons. The van der Waals surface area contributed by atoms with Gasteiger partial charge in [0.25, 0.3) is 0 Å². The highest BCUT2D eigenvalue weighted by Gasteiger charge is 2.07. The maximum absolute atomic E-state index is 11.7. The van der Waals surface area contributed by atoms with Gasteiger partial charge in [-0.2, -0.15) is 0 Å². The summed E-state index contributed by atoms with van der Waals surface area (Å²) in [6, 6.07) is 0. The third-order valence-corrected chi connectivity index (χ3v) is 4.39. The molecule has 0 atom stereocenters. The molecular weight excluding hydrogens is 310 g/mol. The van der Waals surface area contributed by atoms with Crippen LogP contribution in [0.3, 0.4) is 0 Å². The van der Waals surface area contributed by atoms with Gasteiger partial charge >= 0.3 is 0 Å². The summed E-state index contributed by atoms with van der Waals surface area (Å²) in [5, 5.41) is 7.67. The lowest BCUT2D eigenvalue weighted by molar-refractivity contribution is -0.127. The normalized spacial score (nSPS) is 11.7. The number of aromatic nitrogens is 1. The van der Waals surface area contributed by atoms with Crippen molar-refractivity contribution >= 4 is 23.2 Å². The van der Waals surface area contributed by atoms with Gasteiger partial charge in [-0.1, -0.05) is 13.8 Å². The Hall–Kier alpha value is -1.63. The van der Waals surface area contributed by atoms with E-state index >= 15 is 0 Å². The van der Waals surface area contributed by atoms with Gasteiger partial charge in [-0.25, -0.2) is 9.98 Å². The largest absolute Gasteiger partial charge is 0.356 e. The van der Waals surface area contributed by atoms with Crippen LogP contribution < -0.4 is 10.6 Å². The second-order valence-corrected chi connectivity index (χ2v) is 7.44. The van der Waals surface area contributed by atoms with E-state index in [-0.39, 0.29) is 12.5 Å². The summed E-state index contributed by atoms with van der Waals surface area (Å²) in [4.78, 5) is 23.4. The highest BCUT2D eigenvalue weighted by atomic mass is 32.1. The van der Waals surface area contributed by atoms with Crippen molar-refractivity contribution in [3.8, 4) is 0 Å². The molecule has 0 saturated carbocycles. The monoisotopic (exact) mass is 339 g/mol. The van der Waals surface area contributed by atoms with Gasteiger partial charge in [0.1, 0.15) is 6.54 Å². The van der Waals surface area contributed by atoms with Gasteiger partial charge in [-0.3, -0.25) is 4.79 Å². The molecule has 0 aromatic carbocycles. The van der Waals surface area contributed by atoms with Crippen molar-refractivity contribution in [3.05, 3.63) is 15.6 Å². The highest BCUT2D eigenvalue weighted by Crippen LogP contribution is 2.16. The van der Waals surface area contributed by atoms with Gasteiger partial charge < -0.3 is 15.5 Å². The molecule has 6 nitrogen and oxygen atoms in total. The van der Waals surface area contributed by atoms with E-state index < -0.39 is 0 Å². The molecule has 0 spiro atoms. The minimum absolute atomic E-state index is 0.0122. The Morgan fingerprint density at radius 3 is 2.52 bits per heavy atom. The van der Waals surface area contributed by atoms with Crippen LogP contribution in [0.4, 0.5) is 0 Å². The molecule has 1 rings (SSSR count). The molecular formula is C16H29N5OS. The number of nitrogens with one attached hydrogen (secondary N) is 2. The first-order valence-corrected chi connectivity index (χ1v) is 8.76. The van der Waals surface area contributed by atoms with Crippen LogP contribution in [0, 0.1) is 19.8 Å². The summed E-state index contributed by atoms with van der Waals surface area (Å²) in [6.45, 7) is 10.1. The fraction of sp³-hybridized carbons (Fsp3) is 0.688. The molecule has 0 unspecified atom stereocenters. The zero-order valence-electron chi connectivity index (χ0n) is 15.1. The first kappa shape index (κ1) is 19.4. The number of rotatable bonds is 7. The molecule has 0 aliphatic carbocycles. The summed E-state index contributed by atoms with van der Waals surface area (Å²) in [7, 11) is 3.47. The van der Waals surface area contributed by atoms with E-state index in [0.29, 0.717) is 11.9 Å². The smallest absolute Gasteiger partial charge is 0.243 e. The molecule has 2 N–H and O–H groups in total. The van der Waals surface area contributed by atoms with Crippen molar-refractivity contribution in [2.24, 2.45) is 10.9 Å². The lowest BCUT2D eigenvalue weighted by atomic mass is 10.2. The van der Waals surface area contributed by atoms with Crippen molar-refractivity contribution in [3.63, 3.8) is 0 Å². The van der Waals surface area contributed by atoms with E-state index in [2.05, 4.69) is 41.4 Å². The number of amides is 1. The van der Waals surface area contributed by atoms with Gasteiger partial charge in [0.15, 0.2) is 5.96 Å². The number of guanidine groups is 1. The topological polar surface area (TPSA) is 69.6 Å². The van der Waals surface area contributed by atoms with E-state index in [0.717, 1.165) is 30.2 Å². The summed E-state index contributed by atoms with van der Waals surface area (Å²) in [6.07, 6.45) is 0.851. The molecule has 0 saturated heterocycles. The third kappa shape index (κ3) is 7.45. The molecule has 7 heteroatoms. The fourth-order valence-electron chi connectivity index (χ4n) is 1.70. The van der Waals surface area contributed by atoms with E-state index in [1.807, 2.05) is 6.92 Å². The van der Waals surface area contributed by atoms with Gasteiger partial charge in [0.05, 0.1) is 10.7 Å². The lowest BCUT2D eigenvalue weighted by Gasteiger charge is -2.14. The predicted octanol–water partition coefficient (Wildman–Crippen LogP) is 1.58. The molecule has 0 aliphatic heterocycles. The van der Waals surface area contributed by atoms with Gasteiger partial charge in [-0.15, -0.1) is 11.3 Å². The Bertz CT molecular complexity index is 517. The zero-order valence-corrected chi connectivity index (χ0v) is 15.9. The first-order valence-electron chi connectivity index (χ1n) is 7.94. The summed E-state index contributed by atoms with van der Waals surface area (Å²) >= 11 is 1.73. The average molecular weight is 340 g/mol. The molecule has 1 amide bonds. The van der Waals surface area contributed by atoms with E-state index in [4.69, 9.17) is 0 Å². The highest BCUT2D eigenvalue weighted by molar-refractivity contribution is 7.11. The van der Waals surface area contributed by atoms with Crippen LogP contribution in [0.15, 0.2) is 4.99 Å². The summed E-state index contributed by atoms with van der Waals surface area (Å²) in [5.74, 6) is 1.18. The lowest BCUT2D eigenvalue weighted by Crippen LogP contribution is -2.41. The molecule has 0 bridgehead atoms. The average Bonchev–Trinajstić information content (AvgIpc) is 2.79. The Morgan fingerprint density at radius 1 is 1.30 bits per heavy atom. The Kier molecular flexibility index (Phi) is 8.02. The fourth-order valence-corrected chi connectivity index (χ4v) is 2.63. The van der Waals surface area contributed by atoms with Gasteiger partial charge in [0, 0.05) is 38.5 Å². The van der Waals surface area contributed by atoms with Crippen molar-refractivity contribution in [1.82, 2.24) is 20.5 Å². The second-order valence-electron chi connectivity index (χ2n) is 6.15. The van der Waals surface area contributed by atoms with Crippen LogP contribution in [-0.4, -0.2) is 55.5 Å². The number of thiazole rings is 1. The van der Waals surface area contributed by atoms with E-state index in [9.17, 15) is 4.79 Å². The predicted molar refractivity (Wildman–Crippen MR) is 97.1 cm³/mol. The third-order valence-electron chi connectivity index (χ3n) is 3.25. The Morgan fingerprint density at radius 2 is 2.00 bits per heavy atom. The van der Waals surface area contributed by atoms with Crippen molar-refractivity contribution < 1.29 is 4.79 Å². The van der Waals surface area contributed by atoms with Crippen LogP contribution in [-0.2, 0) is 11.2 Å². The Labute approximate surface area is 143 Å². The number of carbonyl (C=O) groups excluding carboxylic acids is 1. The zero-order chi connectivity index (χ0) is 17.4. The standard InChI is InChI=1S/C16H29N5OS/c1-11(2)9-18-16(19-10-15(22)21(5)6)17-8-7-14-20-12(3)13(4)23-14/h11H,7-10H2,1-6H3,(H2,17,18,19). The van der Waals surface area contributed by atoms with Gasteiger partial charge in [-0.05, 0) is 19.8 Å². The molecule has 0 aliphatic rings. The van der Waals surface area contributed by atoms with Crippen LogP contribution >= 0.6 is 11.3 Å². The number of carbonyl (C=O) groups is 1. The minimum atomic E-state index is -0.0122. The molecule has 1 aromatic heterocycles. The van der Waals surface area contributed by atoms with E-state index in [1.54, 1.807) is 30.3 Å². The maximum atomic E-state index is 11.7. The van der Waals surface area contributed by atoms with Crippen molar-refractivity contribution in [2.75, 3.05) is 33.7 Å².